The van der Waals surface area contributed by atoms with Gasteiger partial charge in [-0.05, 0) is 20.3 Å². The molecule has 0 rings (SSSR count). The predicted octanol–water partition coefficient (Wildman–Crippen LogP) is 2.39. The first kappa shape index (κ1) is 13.4. The fourth-order valence-corrected chi connectivity index (χ4v) is 0.898. The van der Waals surface area contributed by atoms with E-state index in [9.17, 15) is 4.79 Å². The zero-order chi connectivity index (χ0) is 11.1. The third kappa shape index (κ3) is 5.97. The van der Waals surface area contributed by atoms with Gasteiger partial charge in [0.15, 0.2) is 0 Å². The molecule has 0 aliphatic carbocycles. The third-order valence-corrected chi connectivity index (χ3v) is 1.97. The largest absolute Gasteiger partial charge is 0.463 e. The van der Waals surface area contributed by atoms with Gasteiger partial charge in [-0.2, -0.15) is 0 Å². The van der Waals surface area contributed by atoms with Crippen molar-refractivity contribution < 1.29 is 14.3 Å². The standard InChI is InChI=1S/C11H22O3/c1-6-9(4)14-10(5)7-13-11(12)8(2)3/h8-10H,6-7H2,1-5H3. The lowest BCUT2D eigenvalue weighted by atomic mass is 10.2. The Bertz CT molecular complexity index is 166. The van der Waals surface area contributed by atoms with E-state index in [1.54, 1.807) is 0 Å². The van der Waals surface area contributed by atoms with Crippen LogP contribution in [0.2, 0.25) is 0 Å². The van der Waals surface area contributed by atoms with E-state index in [-0.39, 0.29) is 24.1 Å². The van der Waals surface area contributed by atoms with E-state index >= 15 is 0 Å². The van der Waals surface area contributed by atoms with Crippen molar-refractivity contribution >= 4 is 5.97 Å². The van der Waals surface area contributed by atoms with E-state index in [2.05, 4.69) is 6.92 Å². The van der Waals surface area contributed by atoms with Crippen molar-refractivity contribution in [3.8, 4) is 0 Å². The Morgan fingerprint density at radius 3 is 2.14 bits per heavy atom. The number of hydrogen-bond donors (Lipinski definition) is 0. The van der Waals surface area contributed by atoms with Crippen molar-refractivity contribution in [1.82, 2.24) is 0 Å². The van der Waals surface area contributed by atoms with Crippen LogP contribution in [0.1, 0.15) is 41.0 Å². The van der Waals surface area contributed by atoms with Crippen LogP contribution >= 0.6 is 0 Å². The number of rotatable bonds is 6. The molecule has 0 bridgehead atoms. The second-order valence-electron chi connectivity index (χ2n) is 3.95. The Morgan fingerprint density at radius 2 is 1.71 bits per heavy atom. The van der Waals surface area contributed by atoms with Crippen LogP contribution in [-0.4, -0.2) is 24.8 Å². The Balaban J connectivity index is 3.63. The molecule has 0 saturated heterocycles. The lowest BCUT2D eigenvalue weighted by Crippen LogP contribution is -2.24. The molecule has 2 atom stereocenters. The molecular formula is C11H22O3. The normalized spacial score (nSPS) is 15.3. The maximum Gasteiger partial charge on any atom is 0.308 e. The Morgan fingerprint density at radius 1 is 1.14 bits per heavy atom. The van der Waals surface area contributed by atoms with Gasteiger partial charge in [-0.3, -0.25) is 4.79 Å². The Kier molecular flexibility index (Phi) is 6.54. The molecule has 3 heteroatoms. The second-order valence-corrected chi connectivity index (χ2v) is 3.95. The van der Waals surface area contributed by atoms with Crippen LogP contribution in [0.15, 0.2) is 0 Å². The van der Waals surface area contributed by atoms with Crippen molar-refractivity contribution in [3.05, 3.63) is 0 Å². The average Bonchev–Trinajstić information content (AvgIpc) is 2.13. The lowest BCUT2D eigenvalue weighted by molar-refractivity contribution is -0.152. The van der Waals surface area contributed by atoms with Gasteiger partial charge in [-0.1, -0.05) is 20.8 Å². The van der Waals surface area contributed by atoms with E-state index < -0.39 is 0 Å². The summed E-state index contributed by atoms with van der Waals surface area (Å²) in [6.45, 7) is 9.99. The van der Waals surface area contributed by atoms with Crippen LogP contribution in [-0.2, 0) is 14.3 Å². The van der Waals surface area contributed by atoms with Gasteiger partial charge in [0.05, 0.1) is 18.1 Å². The van der Waals surface area contributed by atoms with Gasteiger partial charge in [0.2, 0.25) is 0 Å². The molecular weight excluding hydrogens is 180 g/mol. The van der Waals surface area contributed by atoms with E-state index in [1.165, 1.54) is 0 Å². The van der Waals surface area contributed by atoms with Crippen molar-refractivity contribution in [2.75, 3.05) is 6.61 Å². The van der Waals surface area contributed by atoms with Crippen LogP contribution < -0.4 is 0 Å². The van der Waals surface area contributed by atoms with Gasteiger partial charge in [0.25, 0.3) is 0 Å². The predicted molar refractivity (Wildman–Crippen MR) is 56.1 cm³/mol. The highest BCUT2D eigenvalue weighted by Gasteiger charge is 2.12. The minimum absolute atomic E-state index is 0.0207. The van der Waals surface area contributed by atoms with Gasteiger partial charge >= 0.3 is 5.97 Å². The number of esters is 1. The number of carbonyl (C=O) groups excluding carboxylic acids is 1. The van der Waals surface area contributed by atoms with Gasteiger partial charge in [0.1, 0.15) is 6.61 Å². The van der Waals surface area contributed by atoms with Gasteiger partial charge in [-0.15, -0.1) is 0 Å². The van der Waals surface area contributed by atoms with Crippen molar-refractivity contribution in [2.24, 2.45) is 5.92 Å². The molecule has 0 aromatic rings. The maximum absolute atomic E-state index is 11.1. The minimum Gasteiger partial charge on any atom is -0.463 e. The highest BCUT2D eigenvalue weighted by molar-refractivity contribution is 5.71. The lowest BCUT2D eigenvalue weighted by Gasteiger charge is -2.18. The molecule has 0 aliphatic rings. The summed E-state index contributed by atoms with van der Waals surface area (Å²) < 4.78 is 10.6. The number of ether oxygens (including phenoxy) is 2. The number of carbonyl (C=O) groups is 1. The molecule has 3 nitrogen and oxygen atoms in total. The Labute approximate surface area is 86.8 Å². The molecule has 0 heterocycles. The van der Waals surface area contributed by atoms with Gasteiger partial charge < -0.3 is 9.47 Å². The zero-order valence-electron chi connectivity index (χ0n) is 9.87. The monoisotopic (exact) mass is 202 g/mol. The first-order valence-corrected chi connectivity index (χ1v) is 5.29. The smallest absolute Gasteiger partial charge is 0.308 e. The topological polar surface area (TPSA) is 35.5 Å². The minimum atomic E-state index is -0.162. The maximum atomic E-state index is 11.1. The molecule has 0 amide bonds. The van der Waals surface area contributed by atoms with Gasteiger partial charge in [-0.25, -0.2) is 0 Å². The molecule has 0 N–H and O–H groups in total. The van der Waals surface area contributed by atoms with E-state index in [0.717, 1.165) is 6.42 Å². The molecule has 0 aromatic carbocycles. The first-order chi connectivity index (χ1) is 6.47. The van der Waals surface area contributed by atoms with E-state index in [1.807, 2.05) is 27.7 Å². The van der Waals surface area contributed by atoms with Crippen LogP contribution in [0.5, 0.6) is 0 Å². The summed E-state index contributed by atoms with van der Waals surface area (Å²) in [5.41, 5.74) is 0. The Hall–Kier alpha value is -0.570. The van der Waals surface area contributed by atoms with E-state index in [0.29, 0.717) is 6.61 Å². The second kappa shape index (κ2) is 6.82. The quantitative estimate of drug-likeness (QED) is 0.620. The van der Waals surface area contributed by atoms with Crippen LogP contribution in [0.3, 0.4) is 0 Å². The molecule has 84 valence electrons. The molecule has 0 saturated carbocycles. The number of hydrogen-bond acceptors (Lipinski definition) is 3. The first-order valence-electron chi connectivity index (χ1n) is 5.29. The third-order valence-electron chi connectivity index (χ3n) is 1.97. The fourth-order valence-electron chi connectivity index (χ4n) is 0.898. The van der Waals surface area contributed by atoms with Gasteiger partial charge in [0, 0.05) is 0 Å². The highest BCUT2D eigenvalue weighted by Crippen LogP contribution is 2.03. The molecule has 14 heavy (non-hydrogen) atoms. The average molecular weight is 202 g/mol. The zero-order valence-corrected chi connectivity index (χ0v) is 9.87. The highest BCUT2D eigenvalue weighted by atomic mass is 16.6. The van der Waals surface area contributed by atoms with Crippen LogP contribution in [0.4, 0.5) is 0 Å². The van der Waals surface area contributed by atoms with Crippen molar-refractivity contribution in [1.29, 1.82) is 0 Å². The molecule has 0 aromatic heterocycles. The molecule has 0 fully saturated rings. The summed E-state index contributed by atoms with van der Waals surface area (Å²) in [6, 6.07) is 0. The summed E-state index contributed by atoms with van der Waals surface area (Å²) >= 11 is 0. The van der Waals surface area contributed by atoms with Crippen LogP contribution in [0.25, 0.3) is 0 Å². The summed E-state index contributed by atoms with van der Waals surface area (Å²) in [5.74, 6) is -0.226. The van der Waals surface area contributed by atoms with Crippen molar-refractivity contribution in [2.45, 2.75) is 53.2 Å². The summed E-state index contributed by atoms with van der Waals surface area (Å²) in [7, 11) is 0. The van der Waals surface area contributed by atoms with Crippen LogP contribution in [0, 0.1) is 5.92 Å². The summed E-state index contributed by atoms with van der Waals surface area (Å²) in [4.78, 5) is 11.1. The fraction of sp³-hybridized carbons (Fsp3) is 0.909. The van der Waals surface area contributed by atoms with E-state index in [4.69, 9.17) is 9.47 Å². The van der Waals surface area contributed by atoms with Crippen molar-refractivity contribution in [3.63, 3.8) is 0 Å². The molecule has 2 unspecified atom stereocenters. The summed E-state index contributed by atoms with van der Waals surface area (Å²) in [6.07, 6.45) is 1.18. The summed E-state index contributed by atoms with van der Waals surface area (Å²) in [5, 5.41) is 0. The molecule has 0 spiro atoms. The molecule has 0 radical (unpaired) electrons. The SMILES string of the molecule is CCC(C)OC(C)COC(=O)C(C)C. The molecule has 0 aliphatic heterocycles.